The van der Waals surface area contributed by atoms with E-state index in [1.165, 1.54) is 44.2 Å². The summed E-state index contributed by atoms with van der Waals surface area (Å²) in [4.78, 5) is 12.5. The molecule has 2 aliphatic rings. The molecule has 4 nitrogen and oxygen atoms in total. The van der Waals surface area contributed by atoms with Gasteiger partial charge in [0.25, 0.3) is 0 Å². The van der Waals surface area contributed by atoms with Gasteiger partial charge in [-0.25, -0.2) is 4.79 Å². The predicted molar refractivity (Wildman–Crippen MR) is 86.1 cm³/mol. The molecule has 2 fully saturated rings. The van der Waals surface area contributed by atoms with E-state index < -0.39 is 0 Å². The number of ether oxygens (including phenoxy) is 1. The number of carbonyl (C=O) groups is 1. The first kappa shape index (κ1) is 15.6. The number of nitrogens with zero attached hydrogens (tertiary/aromatic N) is 2. The molecule has 122 valence electrons. The third-order valence-corrected chi connectivity index (χ3v) is 4.65. The first-order chi connectivity index (χ1) is 10.4. The molecule has 0 atom stereocenters. The molecule has 4 heteroatoms. The number of hydrogen-bond acceptors (Lipinski definition) is 3. The van der Waals surface area contributed by atoms with E-state index in [1.54, 1.807) is 0 Å². The smallest absolute Gasteiger partial charge is 0.359 e. The van der Waals surface area contributed by atoms with Gasteiger partial charge in [0.05, 0.1) is 5.54 Å². The van der Waals surface area contributed by atoms with Crippen molar-refractivity contribution in [3.8, 4) is 0 Å². The van der Waals surface area contributed by atoms with Crippen molar-refractivity contribution < 1.29 is 9.53 Å². The second-order valence-corrected chi connectivity index (χ2v) is 7.83. The summed E-state index contributed by atoms with van der Waals surface area (Å²) in [6.07, 6.45) is 9.36. The van der Waals surface area contributed by atoms with Gasteiger partial charge in [-0.05, 0) is 65.4 Å². The van der Waals surface area contributed by atoms with Gasteiger partial charge in [-0.1, -0.05) is 12.8 Å². The summed E-state index contributed by atoms with van der Waals surface area (Å²) in [6.45, 7) is 6.39. The zero-order chi connectivity index (χ0) is 15.7. The molecular formula is C18H28N2O2. The van der Waals surface area contributed by atoms with Crippen LogP contribution in [-0.4, -0.2) is 21.9 Å². The fraction of sp³-hybridized carbons (Fsp3) is 0.778. The van der Waals surface area contributed by atoms with Crippen molar-refractivity contribution in [1.82, 2.24) is 9.78 Å². The maximum Gasteiger partial charge on any atom is 0.359 e. The van der Waals surface area contributed by atoms with Crippen molar-refractivity contribution in [2.75, 3.05) is 0 Å². The van der Waals surface area contributed by atoms with E-state index in [-0.39, 0.29) is 17.6 Å². The van der Waals surface area contributed by atoms with Crippen molar-refractivity contribution >= 4 is 5.97 Å². The van der Waals surface area contributed by atoms with Gasteiger partial charge in [0.15, 0.2) is 5.69 Å². The van der Waals surface area contributed by atoms with Gasteiger partial charge in [-0.15, -0.1) is 0 Å². The lowest BCUT2D eigenvalue weighted by atomic mass is 10.1. The Kier molecular flexibility index (Phi) is 4.28. The van der Waals surface area contributed by atoms with E-state index in [4.69, 9.17) is 4.74 Å². The lowest BCUT2D eigenvalue weighted by molar-refractivity contribution is 0.0258. The Balaban J connectivity index is 1.74. The fourth-order valence-corrected chi connectivity index (χ4v) is 3.27. The number of hydrogen-bond donors (Lipinski definition) is 0. The summed E-state index contributed by atoms with van der Waals surface area (Å²) in [5.74, 6) is 0.336. The number of rotatable bonds is 3. The molecule has 1 heterocycles. The maximum atomic E-state index is 12.5. The molecule has 0 amide bonds. The second-order valence-electron chi connectivity index (χ2n) is 7.83. The number of carbonyl (C=O) groups excluding carboxylic acids is 1. The van der Waals surface area contributed by atoms with Gasteiger partial charge >= 0.3 is 5.97 Å². The highest BCUT2D eigenvalue weighted by molar-refractivity contribution is 5.87. The minimum Gasteiger partial charge on any atom is -0.458 e. The van der Waals surface area contributed by atoms with Crippen LogP contribution in [0.2, 0.25) is 0 Å². The Bertz CT molecular complexity index is 530. The topological polar surface area (TPSA) is 44.1 Å². The van der Waals surface area contributed by atoms with E-state index >= 15 is 0 Å². The average Bonchev–Trinajstić information content (AvgIpc) is 3.22. The molecule has 0 radical (unpaired) electrons. The standard InChI is InChI=1S/C18H28N2O2/c1-18(2,3)20-16(13-10-11-13)12-15(19-20)17(21)22-14-8-6-4-5-7-9-14/h12-14H,4-11H2,1-3H3. The molecule has 2 saturated carbocycles. The summed E-state index contributed by atoms with van der Waals surface area (Å²) in [5.41, 5.74) is 1.58. The molecule has 0 saturated heterocycles. The van der Waals surface area contributed by atoms with Crippen LogP contribution in [0.15, 0.2) is 6.07 Å². The fourth-order valence-electron chi connectivity index (χ4n) is 3.27. The SMILES string of the molecule is CC(C)(C)n1nc(C(=O)OC2CCCCCC2)cc1C1CC1. The summed E-state index contributed by atoms with van der Waals surface area (Å²) < 4.78 is 7.75. The highest BCUT2D eigenvalue weighted by Crippen LogP contribution is 2.41. The first-order valence-electron chi connectivity index (χ1n) is 8.76. The molecule has 1 aromatic heterocycles. The molecule has 0 aromatic carbocycles. The summed E-state index contributed by atoms with van der Waals surface area (Å²) in [5, 5.41) is 4.57. The summed E-state index contributed by atoms with van der Waals surface area (Å²) in [7, 11) is 0. The molecule has 1 aromatic rings. The largest absolute Gasteiger partial charge is 0.458 e. The molecule has 0 spiro atoms. The Morgan fingerprint density at radius 3 is 2.32 bits per heavy atom. The third kappa shape index (κ3) is 3.53. The average molecular weight is 304 g/mol. The van der Waals surface area contributed by atoms with Gasteiger partial charge in [-0.3, -0.25) is 4.68 Å². The van der Waals surface area contributed by atoms with Gasteiger partial charge in [0, 0.05) is 11.6 Å². The van der Waals surface area contributed by atoms with Crippen molar-refractivity contribution in [2.24, 2.45) is 0 Å². The number of aromatic nitrogens is 2. The van der Waals surface area contributed by atoms with E-state index in [1.807, 2.05) is 10.7 Å². The van der Waals surface area contributed by atoms with Gasteiger partial charge < -0.3 is 4.74 Å². The molecular weight excluding hydrogens is 276 g/mol. The molecule has 0 N–H and O–H groups in total. The van der Waals surface area contributed by atoms with Crippen molar-refractivity contribution in [3.63, 3.8) is 0 Å². The number of esters is 1. The minimum atomic E-state index is -0.239. The van der Waals surface area contributed by atoms with Crippen LogP contribution in [0, 0.1) is 0 Å². The Morgan fingerprint density at radius 2 is 1.77 bits per heavy atom. The monoisotopic (exact) mass is 304 g/mol. The normalized spacial score (nSPS) is 20.7. The van der Waals surface area contributed by atoms with Crippen LogP contribution in [0.3, 0.4) is 0 Å². The lowest BCUT2D eigenvalue weighted by Gasteiger charge is -2.22. The van der Waals surface area contributed by atoms with Gasteiger partial charge in [0.1, 0.15) is 6.10 Å². The molecule has 0 unspecified atom stereocenters. The first-order valence-corrected chi connectivity index (χ1v) is 8.76. The van der Waals surface area contributed by atoms with Gasteiger partial charge in [-0.2, -0.15) is 5.10 Å². The van der Waals surface area contributed by atoms with Crippen LogP contribution in [0.4, 0.5) is 0 Å². The highest BCUT2D eigenvalue weighted by atomic mass is 16.5. The predicted octanol–water partition coefficient (Wildman–Crippen LogP) is 4.40. The Hall–Kier alpha value is -1.32. The van der Waals surface area contributed by atoms with Crippen LogP contribution >= 0.6 is 0 Å². The van der Waals surface area contributed by atoms with E-state index in [9.17, 15) is 4.79 Å². The highest BCUT2D eigenvalue weighted by Gasteiger charge is 2.33. The molecule has 0 bridgehead atoms. The summed E-state index contributed by atoms with van der Waals surface area (Å²) >= 11 is 0. The van der Waals surface area contributed by atoms with Crippen molar-refractivity contribution in [3.05, 3.63) is 17.5 Å². The van der Waals surface area contributed by atoms with Crippen molar-refractivity contribution in [2.45, 2.75) is 89.7 Å². The minimum absolute atomic E-state index is 0.0826. The third-order valence-electron chi connectivity index (χ3n) is 4.65. The van der Waals surface area contributed by atoms with Crippen LogP contribution in [-0.2, 0) is 10.3 Å². The van der Waals surface area contributed by atoms with Gasteiger partial charge in [0.2, 0.25) is 0 Å². The zero-order valence-corrected chi connectivity index (χ0v) is 14.1. The molecule has 2 aliphatic carbocycles. The van der Waals surface area contributed by atoms with Crippen LogP contribution < -0.4 is 0 Å². The van der Waals surface area contributed by atoms with E-state index in [0.717, 1.165) is 12.8 Å². The van der Waals surface area contributed by atoms with Crippen LogP contribution in [0.1, 0.15) is 94.2 Å². The molecule has 0 aliphatic heterocycles. The maximum absolute atomic E-state index is 12.5. The molecule has 22 heavy (non-hydrogen) atoms. The van der Waals surface area contributed by atoms with Crippen molar-refractivity contribution in [1.29, 1.82) is 0 Å². The summed E-state index contributed by atoms with van der Waals surface area (Å²) in [6, 6.07) is 1.96. The lowest BCUT2D eigenvalue weighted by Crippen LogP contribution is -2.26. The van der Waals surface area contributed by atoms with E-state index in [2.05, 4.69) is 25.9 Å². The molecule has 3 rings (SSSR count). The Labute approximate surface area is 133 Å². The van der Waals surface area contributed by atoms with Crippen LogP contribution in [0.25, 0.3) is 0 Å². The second kappa shape index (κ2) is 6.05. The Morgan fingerprint density at radius 1 is 1.14 bits per heavy atom. The zero-order valence-electron chi connectivity index (χ0n) is 14.1. The van der Waals surface area contributed by atoms with E-state index in [0.29, 0.717) is 11.6 Å². The quantitative estimate of drug-likeness (QED) is 0.614. The van der Waals surface area contributed by atoms with Crippen LogP contribution in [0.5, 0.6) is 0 Å².